The largest absolute Gasteiger partial charge is 0.508 e. The van der Waals surface area contributed by atoms with Crippen molar-refractivity contribution < 1.29 is 28.2 Å². The smallest absolute Gasteiger partial charge is 0.317 e. The number of phenolic OH excluding ortho intramolecular Hbond substituents is 1. The number of rotatable bonds is 4. The van der Waals surface area contributed by atoms with E-state index in [9.17, 15) is 23.1 Å². The van der Waals surface area contributed by atoms with Gasteiger partial charge in [0.25, 0.3) is 0 Å². The van der Waals surface area contributed by atoms with Gasteiger partial charge in [0.1, 0.15) is 5.75 Å². The first-order valence-electron chi connectivity index (χ1n) is 7.99. The number of hydrogen-bond acceptors (Lipinski definition) is 6. The molecule has 0 aromatic heterocycles. The first kappa shape index (κ1) is 17.7. The Hall–Kier alpha value is -2.13. The van der Waals surface area contributed by atoms with Gasteiger partial charge < -0.3 is 15.1 Å². The van der Waals surface area contributed by atoms with Crippen molar-refractivity contribution in [1.82, 2.24) is 9.80 Å². The van der Waals surface area contributed by atoms with Crippen molar-refractivity contribution in [3.8, 4) is 5.75 Å². The molecule has 8 nitrogen and oxygen atoms in total. The number of aromatic hydroxyl groups is 1. The third-order valence-electron chi connectivity index (χ3n) is 4.72. The zero-order valence-corrected chi connectivity index (χ0v) is 14.4. The lowest BCUT2D eigenvalue weighted by molar-refractivity contribution is -0.142. The van der Waals surface area contributed by atoms with Crippen LogP contribution in [0.15, 0.2) is 24.3 Å². The molecule has 0 bridgehead atoms. The molecule has 2 aliphatic heterocycles. The fourth-order valence-electron chi connectivity index (χ4n) is 3.65. The van der Waals surface area contributed by atoms with E-state index in [0.29, 0.717) is 18.7 Å². The molecule has 9 heteroatoms. The van der Waals surface area contributed by atoms with Crippen LogP contribution in [-0.4, -0.2) is 83.5 Å². The summed E-state index contributed by atoms with van der Waals surface area (Å²) in [6.07, 6.45) is 0.0661. The Labute approximate surface area is 145 Å². The molecule has 2 fully saturated rings. The van der Waals surface area contributed by atoms with Crippen LogP contribution in [0.25, 0.3) is 0 Å². The van der Waals surface area contributed by atoms with Gasteiger partial charge >= 0.3 is 5.97 Å². The van der Waals surface area contributed by atoms with Gasteiger partial charge in [-0.15, -0.1) is 0 Å². The van der Waals surface area contributed by atoms with Crippen molar-refractivity contribution in [2.24, 2.45) is 0 Å². The molecule has 0 unspecified atom stereocenters. The molecule has 1 aromatic rings. The zero-order valence-electron chi connectivity index (χ0n) is 13.5. The summed E-state index contributed by atoms with van der Waals surface area (Å²) < 4.78 is 24.1. The minimum absolute atomic E-state index is 0.0661. The highest BCUT2D eigenvalue weighted by atomic mass is 32.2. The number of benzene rings is 1. The summed E-state index contributed by atoms with van der Waals surface area (Å²) in [7, 11) is -3.31. The van der Waals surface area contributed by atoms with E-state index in [0.717, 1.165) is 0 Å². The first-order valence-corrected chi connectivity index (χ1v) is 9.81. The van der Waals surface area contributed by atoms with Gasteiger partial charge in [0.2, 0.25) is 5.91 Å². The van der Waals surface area contributed by atoms with Crippen LogP contribution in [0.2, 0.25) is 0 Å². The van der Waals surface area contributed by atoms with E-state index in [2.05, 4.69) is 0 Å². The first-order chi connectivity index (χ1) is 11.7. The Balaban J connectivity index is 1.78. The quantitative estimate of drug-likeness (QED) is 0.724. The molecule has 2 heterocycles. The highest BCUT2D eigenvalue weighted by Gasteiger charge is 2.48. The molecule has 1 aromatic carbocycles. The Morgan fingerprint density at radius 3 is 2.56 bits per heavy atom. The van der Waals surface area contributed by atoms with Gasteiger partial charge in [0.15, 0.2) is 9.84 Å². The van der Waals surface area contributed by atoms with Crippen molar-refractivity contribution in [1.29, 1.82) is 0 Å². The van der Waals surface area contributed by atoms with Gasteiger partial charge in [-0.1, -0.05) is 12.1 Å². The number of hydrogen-bond donors (Lipinski definition) is 2. The summed E-state index contributed by atoms with van der Waals surface area (Å²) in [5.41, 5.74) is 0.648. The molecule has 3 rings (SSSR count). The summed E-state index contributed by atoms with van der Waals surface area (Å²) in [4.78, 5) is 26.9. The number of amides is 1. The summed E-state index contributed by atoms with van der Waals surface area (Å²) in [5, 5.41) is 18.5. The number of carboxylic acids is 1. The third-order valence-corrected chi connectivity index (χ3v) is 6.41. The highest BCUT2D eigenvalue weighted by Crippen LogP contribution is 2.27. The molecule has 2 saturated heterocycles. The molecule has 2 aliphatic rings. The zero-order chi connectivity index (χ0) is 18.2. The van der Waals surface area contributed by atoms with Crippen LogP contribution in [0.5, 0.6) is 5.75 Å². The number of carbonyl (C=O) groups excluding carboxylic acids is 1. The van der Waals surface area contributed by atoms with Crippen molar-refractivity contribution in [2.45, 2.75) is 18.5 Å². The van der Waals surface area contributed by atoms with Crippen molar-refractivity contribution in [3.63, 3.8) is 0 Å². The maximum absolute atomic E-state index is 12.7. The van der Waals surface area contributed by atoms with Gasteiger partial charge in [-0.2, -0.15) is 0 Å². The van der Waals surface area contributed by atoms with Gasteiger partial charge in [-0.3, -0.25) is 14.5 Å². The molecular formula is C16H20N2O6S. The van der Waals surface area contributed by atoms with E-state index in [1.54, 1.807) is 21.9 Å². The van der Waals surface area contributed by atoms with E-state index in [1.165, 1.54) is 12.1 Å². The van der Waals surface area contributed by atoms with E-state index >= 15 is 0 Å². The summed E-state index contributed by atoms with van der Waals surface area (Å²) in [6, 6.07) is 5.37. The van der Waals surface area contributed by atoms with Gasteiger partial charge in [0.05, 0.1) is 30.5 Å². The lowest BCUT2D eigenvalue weighted by atomic mass is 10.0. The minimum atomic E-state index is -3.31. The number of sulfone groups is 1. The second-order valence-electron chi connectivity index (χ2n) is 6.51. The maximum Gasteiger partial charge on any atom is 0.317 e. The van der Waals surface area contributed by atoms with E-state index in [-0.39, 0.29) is 36.1 Å². The number of fused-ring (bicyclic) bond motifs is 1. The van der Waals surface area contributed by atoms with Crippen LogP contribution in [0.4, 0.5) is 0 Å². The van der Waals surface area contributed by atoms with Crippen LogP contribution in [0.3, 0.4) is 0 Å². The predicted molar refractivity (Wildman–Crippen MR) is 89.0 cm³/mol. The number of aliphatic carboxylic acids is 1. The van der Waals surface area contributed by atoms with E-state index in [1.807, 2.05) is 0 Å². The second-order valence-corrected chi connectivity index (χ2v) is 8.66. The Kier molecular flexibility index (Phi) is 4.70. The molecule has 1 amide bonds. The van der Waals surface area contributed by atoms with Gasteiger partial charge in [-0.25, -0.2) is 8.42 Å². The maximum atomic E-state index is 12.7. The number of nitrogens with zero attached hydrogens (tertiary/aromatic N) is 2. The van der Waals surface area contributed by atoms with Crippen molar-refractivity contribution in [3.05, 3.63) is 29.8 Å². The van der Waals surface area contributed by atoms with Gasteiger partial charge in [0, 0.05) is 19.1 Å². The SMILES string of the molecule is O=C(O)CN1CCN(C(=O)Cc2cccc(O)c2)[C@@H]2CS(=O)(=O)C[C@@H]21. The number of phenols is 1. The lowest BCUT2D eigenvalue weighted by Crippen LogP contribution is -2.61. The average Bonchev–Trinajstić information content (AvgIpc) is 2.82. The molecule has 0 spiro atoms. The normalized spacial score (nSPS) is 25.5. The van der Waals surface area contributed by atoms with E-state index < -0.39 is 27.9 Å². The minimum Gasteiger partial charge on any atom is -0.508 e. The Bertz CT molecular complexity index is 794. The molecule has 2 atom stereocenters. The third kappa shape index (κ3) is 3.93. The summed E-state index contributed by atoms with van der Waals surface area (Å²) in [6.45, 7) is 0.391. The number of carboxylic acid groups (broad SMARTS) is 1. The number of piperazine rings is 1. The average molecular weight is 368 g/mol. The lowest BCUT2D eigenvalue weighted by Gasteiger charge is -2.43. The summed E-state index contributed by atoms with van der Waals surface area (Å²) in [5.74, 6) is -1.42. The predicted octanol–water partition coefficient (Wildman–Crippen LogP) is -0.671. The van der Waals surface area contributed by atoms with Crippen LogP contribution >= 0.6 is 0 Å². The Morgan fingerprint density at radius 2 is 1.88 bits per heavy atom. The fraction of sp³-hybridized carbons (Fsp3) is 0.500. The fourth-order valence-corrected chi connectivity index (χ4v) is 5.66. The van der Waals surface area contributed by atoms with Crippen LogP contribution in [0.1, 0.15) is 5.56 Å². The molecule has 2 N–H and O–H groups in total. The van der Waals surface area contributed by atoms with Crippen molar-refractivity contribution >= 4 is 21.7 Å². The highest BCUT2D eigenvalue weighted by molar-refractivity contribution is 7.91. The van der Waals surface area contributed by atoms with Crippen LogP contribution < -0.4 is 0 Å². The molecular weight excluding hydrogens is 348 g/mol. The Morgan fingerprint density at radius 1 is 1.16 bits per heavy atom. The molecule has 136 valence electrons. The molecule has 0 saturated carbocycles. The van der Waals surface area contributed by atoms with Crippen LogP contribution in [0, 0.1) is 0 Å². The van der Waals surface area contributed by atoms with Crippen molar-refractivity contribution in [2.75, 3.05) is 31.1 Å². The number of carbonyl (C=O) groups is 2. The standard InChI is InChI=1S/C16H20N2O6S/c19-12-3-1-2-11(6-12)7-15(20)18-5-4-17(8-16(21)22)13-9-25(23,24)10-14(13)18/h1-3,6,13-14,19H,4-5,7-10H2,(H,21,22)/t13-,14+/m0/s1. The molecule has 25 heavy (non-hydrogen) atoms. The molecule has 0 radical (unpaired) electrons. The van der Waals surface area contributed by atoms with Crippen LogP contribution in [-0.2, 0) is 25.8 Å². The monoisotopic (exact) mass is 368 g/mol. The molecule has 0 aliphatic carbocycles. The second kappa shape index (κ2) is 6.64. The summed E-state index contributed by atoms with van der Waals surface area (Å²) >= 11 is 0. The van der Waals surface area contributed by atoms with Gasteiger partial charge in [-0.05, 0) is 17.7 Å². The topological polar surface area (TPSA) is 115 Å². The van der Waals surface area contributed by atoms with E-state index in [4.69, 9.17) is 5.11 Å².